The van der Waals surface area contributed by atoms with E-state index in [0.717, 1.165) is 31.0 Å². The molecule has 0 saturated carbocycles. The molecule has 3 aromatic rings. The summed E-state index contributed by atoms with van der Waals surface area (Å²) in [5.74, 6) is 1.03. The van der Waals surface area contributed by atoms with Crippen molar-refractivity contribution in [3.8, 4) is 11.5 Å². The summed E-state index contributed by atoms with van der Waals surface area (Å²) in [5.41, 5.74) is 3.35. The number of amides is 1. The first-order valence-corrected chi connectivity index (χ1v) is 9.62. The highest BCUT2D eigenvalue weighted by molar-refractivity contribution is 9.11. The lowest BCUT2D eigenvalue weighted by atomic mass is 10.0. The van der Waals surface area contributed by atoms with Crippen molar-refractivity contribution in [1.82, 2.24) is 5.43 Å². The van der Waals surface area contributed by atoms with Gasteiger partial charge in [0.25, 0.3) is 5.91 Å². The lowest BCUT2D eigenvalue weighted by Gasteiger charge is -2.08. The van der Waals surface area contributed by atoms with Gasteiger partial charge in [-0.1, -0.05) is 40.2 Å². The zero-order valence-corrected chi connectivity index (χ0v) is 17.6. The molecular weight excluding hydrogens is 476 g/mol. The summed E-state index contributed by atoms with van der Waals surface area (Å²) in [6.45, 7) is -0.138. The Labute approximate surface area is 173 Å². The van der Waals surface area contributed by atoms with Gasteiger partial charge in [0.1, 0.15) is 11.5 Å². The van der Waals surface area contributed by atoms with Gasteiger partial charge in [0.2, 0.25) is 0 Å². The number of nitrogens with one attached hydrogen (secondary N) is 1. The van der Waals surface area contributed by atoms with Crippen LogP contribution in [0.5, 0.6) is 11.5 Å². The van der Waals surface area contributed by atoms with E-state index in [9.17, 15) is 4.79 Å². The number of fused-ring (bicyclic) bond motifs is 1. The summed E-state index contributed by atoms with van der Waals surface area (Å²) in [5, 5.41) is 6.01. The molecule has 0 heterocycles. The summed E-state index contributed by atoms with van der Waals surface area (Å²) in [6, 6.07) is 17.1. The van der Waals surface area contributed by atoms with E-state index in [4.69, 9.17) is 9.47 Å². The maximum absolute atomic E-state index is 12.0. The van der Waals surface area contributed by atoms with Gasteiger partial charge in [0, 0.05) is 15.4 Å². The van der Waals surface area contributed by atoms with E-state index in [1.54, 1.807) is 19.4 Å². The van der Waals surface area contributed by atoms with Crippen molar-refractivity contribution >= 4 is 54.8 Å². The Morgan fingerprint density at radius 3 is 2.56 bits per heavy atom. The van der Waals surface area contributed by atoms with Crippen molar-refractivity contribution in [2.24, 2.45) is 5.10 Å². The molecule has 0 aromatic heterocycles. The number of rotatable bonds is 6. The number of nitrogens with zero attached hydrogens (tertiary/aromatic N) is 1. The fourth-order valence-corrected chi connectivity index (χ4v) is 3.69. The average Bonchev–Trinajstić information content (AvgIpc) is 2.67. The molecule has 0 aliphatic rings. The number of carbonyl (C=O) groups is 1. The number of ether oxygens (including phenoxy) is 2. The second kappa shape index (κ2) is 9.01. The van der Waals surface area contributed by atoms with Crippen LogP contribution in [0, 0.1) is 0 Å². The molecule has 27 heavy (non-hydrogen) atoms. The van der Waals surface area contributed by atoms with Gasteiger partial charge < -0.3 is 9.47 Å². The van der Waals surface area contributed by atoms with Crippen LogP contribution >= 0.6 is 31.9 Å². The molecule has 0 aliphatic heterocycles. The first-order valence-electron chi connectivity index (χ1n) is 8.04. The molecular formula is C20H16Br2N2O3. The Morgan fingerprint density at radius 2 is 1.81 bits per heavy atom. The van der Waals surface area contributed by atoms with Gasteiger partial charge in [-0.15, -0.1) is 0 Å². The zero-order valence-electron chi connectivity index (χ0n) is 14.4. The van der Waals surface area contributed by atoms with Crippen molar-refractivity contribution in [1.29, 1.82) is 0 Å². The molecule has 0 bridgehead atoms. The first-order chi connectivity index (χ1) is 13.1. The van der Waals surface area contributed by atoms with Gasteiger partial charge in [-0.25, -0.2) is 5.43 Å². The Morgan fingerprint density at radius 1 is 1.07 bits per heavy atom. The molecule has 3 rings (SSSR count). The molecule has 1 amide bonds. The fraction of sp³-hybridized carbons (Fsp3) is 0.100. The van der Waals surface area contributed by atoms with Crippen LogP contribution in [0.2, 0.25) is 0 Å². The van der Waals surface area contributed by atoms with Gasteiger partial charge in [0.15, 0.2) is 6.61 Å². The normalized spacial score (nSPS) is 10.9. The van der Waals surface area contributed by atoms with E-state index in [1.165, 1.54) is 0 Å². The predicted octanol–water partition coefficient (Wildman–Crippen LogP) is 4.90. The summed E-state index contributed by atoms with van der Waals surface area (Å²) < 4.78 is 12.5. The van der Waals surface area contributed by atoms with E-state index in [-0.39, 0.29) is 12.5 Å². The van der Waals surface area contributed by atoms with E-state index in [0.29, 0.717) is 5.75 Å². The van der Waals surface area contributed by atoms with Crippen LogP contribution in [0.25, 0.3) is 10.8 Å². The summed E-state index contributed by atoms with van der Waals surface area (Å²) >= 11 is 6.76. The van der Waals surface area contributed by atoms with Crippen LogP contribution in [0.4, 0.5) is 0 Å². The molecule has 7 heteroatoms. The number of hydrogen-bond acceptors (Lipinski definition) is 4. The maximum Gasteiger partial charge on any atom is 0.277 e. The standard InChI is InChI=1S/C20H16Br2N2O3/c1-26-18-8-6-13(15-4-2-3-5-16(15)18)11-23-24-20(25)12-27-19-9-7-14(21)10-17(19)22/h2-11H,12H2,1H3,(H,24,25). The highest BCUT2D eigenvalue weighted by atomic mass is 79.9. The molecule has 0 spiro atoms. The average molecular weight is 492 g/mol. The minimum Gasteiger partial charge on any atom is -0.496 e. The lowest BCUT2D eigenvalue weighted by molar-refractivity contribution is -0.123. The van der Waals surface area contributed by atoms with E-state index in [1.807, 2.05) is 48.5 Å². The minimum atomic E-state index is -0.348. The fourth-order valence-electron chi connectivity index (χ4n) is 2.53. The van der Waals surface area contributed by atoms with Crippen molar-refractivity contribution < 1.29 is 14.3 Å². The number of benzene rings is 3. The maximum atomic E-state index is 12.0. The Bertz CT molecular complexity index is 1010. The molecule has 0 radical (unpaired) electrons. The second-order valence-electron chi connectivity index (χ2n) is 5.56. The van der Waals surface area contributed by atoms with Crippen LogP contribution in [0.1, 0.15) is 5.56 Å². The molecule has 1 N–H and O–H groups in total. The quantitative estimate of drug-likeness (QED) is 0.394. The van der Waals surface area contributed by atoms with Crippen LogP contribution in [0.15, 0.2) is 68.6 Å². The van der Waals surface area contributed by atoms with Gasteiger partial charge in [0.05, 0.1) is 17.8 Å². The molecule has 5 nitrogen and oxygen atoms in total. The van der Waals surface area contributed by atoms with E-state index < -0.39 is 0 Å². The van der Waals surface area contributed by atoms with Gasteiger partial charge in [-0.3, -0.25) is 4.79 Å². The summed E-state index contributed by atoms with van der Waals surface area (Å²) in [4.78, 5) is 12.0. The summed E-state index contributed by atoms with van der Waals surface area (Å²) in [6.07, 6.45) is 1.61. The van der Waals surface area contributed by atoms with E-state index >= 15 is 0 Å². The third-order valence-electron chi connectivity index (χ3n) is 3.78. The third-order valence-corrected chi connectivity index (χ3v) is 4.90. The number of methoxy groups -OCH3 is 1. The Hall–Kier alpha value is -2.38. The zero-order chi connectivity index (χ0) is 19.2. The molecule has 0 aliphatic carbocycles. The highest BCUT2D eigenvalue weighted by Crippen LogP contribution is 2.28. The predicted molar refractivity (Wildman–Crippen MR) is 114 cm³/mol. The molecule has 0 saturated heterocycles. The van der Waals surface area contributed by atoms with Crippen LogP contribution in [-0.4, -0.2) is 25.8 Å². The molecule has 138 valence electrons. The number of halogens is 2. The minimum absolute atomic E-state index is 0.138. The first kappa shape index (κ1) is 19.4. The van der Waals surface area contributed by atoms with Gasteiger partial charge in [-0.2, -0.15) is 5.10 Å². The van der Waals surface area contributed by atoms with Crippen LogP contribution < -0.4 is 14.9 Å². The molecule has 0 atom stereocenters. The third kappa shape index (κ3) is 4.87. The van der Waals surface area contributed by atoms with Gasteiger partial charge in [-0.05, 0) is 51.6 Å². The molecule has 0 unspecified atom stereocenters. The SMILES string of the molecule is COc1ccc(C=NNC(=O)COc2ccc(Br)cc2Br)c2ccccc12. The van der Waals surface area contributed by atoms with Crippen molar-refractivity contribution in [3.63, 3.8) is 0 Å². The number of carbonyl (C=O) groups excluding carboxylic acids is 1. The number of hydrazone groups is 1. The van der Waals surface area contributed by atoms with E-state index in [2.05, 4.69) is 42.4 Å². The van der Waals surface area contributed by atoms with Crippen molar-refractivity contribution in [3.05, 3.63) is 69.1 Å². The largest absolute Gasteiger partial charge is 0.496 e. The molecule has 3 aromatic carbocycles. The number of hydrogen-bond donors (Lipinski definition) is 1. The molecule has 0 fully saturated rings. The van der Waals surface area contributed by atoms with Crippen LogP contribution in [-0.2, 0) is 4.79 Å². The van der Waals surface area contributed by atoms with Gasteiger partial charge >= 0.3 is 0 Å². The lowest BCUT2D eigenvalue weighted by Crippen LogP contribution is -2.24. The summed E-state index contributed by atoms with van der Waals surface area (Å²) in [7, 11) is 1.64. The van der Waals surface area contributed by atoms with Crippen molar-refractivity contribution in [2.75, 3.05) is 13.7 Å². The highest BCUT2D eigenvalue weighted by Gasteiger charge is 2.06. The monoisotopic (exact) mass is 490 g/mol. The van der Waals surface area contributed by atoms with Crippen LogP contribution in [0.3, 0.4) is 0 Å². The smallest absolute Gasteiger partial charge is 0.277 e. The Balaban J connectivity index is 1.64. The van der Waals surface area contributed by atoms with Crippen molar-refractivity contribution in [2.45, 2.75) is 0 Å². The Kier molecular flexibility index (Phi) is 6.47. The second-order valence-corrected chi connectivity index (χ2v) is 7.33. The topological polar surface area (TPSA) is 59.9 Å².